The van der Waals surface area contributed by atoms with Gasteiger partial charge < -0.3 is 15.7 Å². The molecule has 19 heavy (non-hydrogen) atoms. The molecular formula is C15H28N2O2. The molecule has 2 aliphatic rings. The standard InChI is InChI=1S/C15H28N2O2/c18-11-14-4-2-1-3-13(14)10-17-15(19)6-5-12-7-8-16-9-12/h12-14,16,18H,1-11H2,(H,17,19). The Morgan fingerprint density at radius 1 is 1.21 bits per heavy atom. The molecule has 2 fully saturated rings. The molecular weight excluding hydrogens is 240 g/mol. The summed E-state index contributed by atoms with van der Waals surface area (Å²) in [5, 5.41) is 15.8. The first kappa shape index (κ1) is 14.8. The topological polar surface area (TPSA) is 61.4 Å². The third-order valence-electron chi connectivity index (χ3n) is 4.80. The molecule has 1 amide bonds. The van der Waals surface area contributed by atoms with E-state index in [4.69, 9.17) is 0 Å². The second kappa shape index (κ2) is 7.85. The molecule has 1 saturated carbocycles. The lowest BCUT2D eigenvalue weighted by Crippen LogP contribution is -2.35. The molecule has 1 aliphatic carbocycles. The minimum absolute atomic E-state index is 0.189. The Balaban J connectivity index is 1.61. The highest BCUT2D eigenvalue weighted by Gasteiger charge is 2.24. The molecule has 2 rings (SSSR count). The maximum atomic E-state index is 11.8. The summed E-state index contributed by atoms with van der Waals surface area (Å²) in [4.78, 5) is 11.8. The lowest BCUT2D eigenvalue weighted by atomic mass is 9.79. The Labute approximate surface area is 116 Å². The number of rotatable bonds is 6. The summed E-state index contributed by atoms with van der Waals surface area (Å²) in [6, 6.07) is 0. The van der Waals surface area contributed by atoms with Crippen LogP contribution in [0.25, 0.3) is 0 Å². The molecule has 1 aliphatic heterocycles. The fraction of sp³-hybridized carbons (Fsp3) is 0.933. The highest BCUT2D eigenvalue weighted by Crippen LogP contribution is 2.29. The molecule has 4 nitrogen and oxygen atoms in total. The summed E-state index contributed by atoms with van der Waals surface area (Å²) < 4.78 is 0. The number of nitrogens with one attached hydrogen (secondary N) is 2. The van der Waals surface area contributed by atoms with Crippen LogP contribution in [0.4, 0.5) is 0 Å². The first-order valence-corrected chi connectivity index (χ1v) is 7.88. The van der Waals surface area contributed by atoms with Gasteiger partial charge in [0, 0.05) is 19.6 Å². The summed E-state index contributed by atoms with van der Waals surface area (Å²) in [6.07, 6.45) is 7.61. The third-order valence-corrected chi connectivity index (χ3v) is 4.80. The van der Waals surface area contributed by atoms with Crippen LogP contribution in [0.2, 0.25) is 0 Å². The van der Waals surface area contributed by atoms with Crippen molar-refractivity contribution in [2.24, 2.45) is 17.8 Å². The highest BCUT2D eigenvalue weighted by atomic mass is 16.3. The monoisotopic (exact) mass is 268 g/mol. The minimum atomic E-state index is 0.189. The molecule has 0 bridgehead atoms. The van der Waals surface area contributed by atoms with Gasteiger partial charge in [0.15, 0.2) is 0 Å². The van der Waals surface area contributed by atoms with Crippen molar-refractivity contribution in [2.75, 3.05) is 26.2 Å². The molecule has 1 saturated heterocycles. The molecule has 4 heteroatoms. The van der Waals surface area contributed by atoms with Crippen molar-refractivity contribution in [1.29, 1.82) is 0 Å². The van der Waals surface area contributed by atoms with Gasteiger partial charge in [-0.1, -0.05) is 12.8 Å². The van der Waals surface area contributed by atoms with Crippen LogP contribution in [0.3, 0.4) is 0 Å². The SMILES string of the molecule is O=C(CCC1CCNC1)NCC1CCCCC1CO. The number of aliphatic hydroxyl groups excluding tert-OH is 1. The predicted molar refractivity (Wildman–Crippen MR) is 75.8 cm³/mol. The first-order valence-electron chi connectivity index (χ1n) is 7.88. The van der Waals surface area contributed by atoms with Gasteiger partial charge >= 0.3 is 0 Å². The zero-order valence-electron chi connectivity index (χ0n) is 11.9. The van der Waals surface area contributed by atoms with E-state index in [0.717, 1.165) is 38.9 Å². The number of hydrogen-bond donors (Lipinski definition) is 3. The van der Waals surface area contributed by atoms with Crippen molar-refractivity contribution in [3.05, 3.63) is 0 Å². The number of hydrogen-bond acceptors (Lipinski definition) is 3. The lowest BCUT2D eigenvalue weighted by Gasteiger charge is -2.30. The smallest absolute Gasteiger partial charge is 0.220 e. The van der Waals surface area contributed by atoms with Gasteiger partial charge in [-0.05, 0) is 56.5 Å². The van der Waals surface area contributed by atoms with Crippen molar-refractivity contribution < 1.29 is 9.90 Å². The van der Waals surface area contributed by atoms with Crippen molar-refractivity contribution in [3.8, 4) is 0 Å². The maximum absolute atomic E-state index is 11.8. The molecule has 0 aromatic rings. The van der Waals surface area contributed by atoms with E-state index in [1.165, 1.54) is 19.3 Å². The third kappa shape index (κ3) is 4.77. The Morgan fingerprint density at radius 3 is 2.68 bits per heavy atom. The second-order valence-electron chi connectivity index (χ2n) is 6.19. The van der Waals surface area contributed by atoms with Gasteiger partial charge in [0.05, 0.1) is 0 Å². The van der Waals surface area contributed by atoms with Crippen LogP contribution in [0.5, 0.6) is 0 Å². The molecule has 0 aromatic carbocycles. The lowest BCUT2D eigenvalue weighted by molar-refractivity contribution is -0.121. The Hall–Kier alpha value is -0.610. The molecule has 0 radical (unpaired) electrons. The van der Waals surface area contributed by atoms with Crippen LogP contribution < -0.4 is 10.6 Å². The van der Waals surface area contributed by atoms with Crippen LogP contribution in [0.1, 0.15) is 44.9 Å². The molecule has 1 heterocycles. The average Bonchev–Trinajstić information content (AvgIpc) is 2.96. The zero-order chi connectivity index (χ0) is 13.5. The van der Waals surface area contributed by atoms with Gasteiger partial charge in [-0.15, -0.1) is 0 Å². The molecule has 3 unspecified atom stereocenters. The van der Waals surface area contributed by atoms with Crippen LogP contribution in [0.15, 0.2) is 0 Å². The van der Waals surface area contributed by atoms with E-state index in [1.54, 1.807) is 0 Å². The Kier molecular flexibility index (Phi) is 6.11. The minimum Gasteiger partial charge on any atom is -0.396 e. The van der Waals surface area contributed by atoms with E-state index >= 15 is 0 Å². The van der Waals surface area contributed by atoms with E-state index in [1.807, 2.05) is 0 Å². The van der Waals surface area contributed by atoms with E-state index in [-0.39, 0.29) is 12.5 Å². The van der Waals surface area contributed by atoms with Gasteiger partial charge in [-0.2, -0.15) is 0 Å². The van der Waals surface area contributed by atoms with Crippen molar-refractivity contribution in [3.63, 3.8) is 0 Å². The molecule has 0 aromatic heterocycles. The summed E-state index contributed by atoms with van der Waals surface area (Å²) in [7, 11) is 0. The number of aliphatic hydroxyl groups is 1. The van der Waals surface area contributed by atoms with Gasteiger partial charge in [-0.25, -0.2) is 0 Å². The second-order valence-corrected chi connectivity index (χ2v) is 6.19. The van der Waals surface area contributed by atoms with Gasteiger partial charge in [-0.3, -0.25) is 4.79 Å². The Bertz CT molecular complexity index is 277. The number of carbonyl (C=O) groups excluding carboxylic acids is 1. The van der Waals surface area contributed by atoms with E-state index in [0.29, 0.717) is 24.2 Å². The van der Waals surface area contributed by atoms with Gasteiger partial charge in [0.25, 0.3) is 0 Å². The molecule has 3 N–H and O–H groups in total. The molecule has 3 atom stereocenters. The molecule has 0 spiro atoms. The fourth-order valence-electron chi connectivity index (χ4n) is 3.42. The summed E-state index contributed by atoms with van der Waals surface area (Å²) >= 11 is 0. The van der Waals surface area contributed by atoms with E-state index < -0.39 is 0 Å². The predicted octanol–water partition coefficient (Wildman–Crippen LogP) is 1.29. The quantitative estimate of drug-likeness (QED) is 0.680. The maximum Gasteiger partial charge on any atom is 0.220 e. The van der Waals surface area contributed by atoms with Crippen LogP contribution >= 0.6 is 0 Å². The number of carbonyl (C=O) groups is 1. The zero-order valence-corrected chi connectivity index (χ0v) is 11.9. The highest BCUT2D eigenvalue weighted by molar-refractivity contribution is 5.75. The van der Waals surface area contributed by atoms with Crippen molar-refractivity contribution >= 4 is 5.91 Å². The largest absolute Gasteiger partial charge is 0.396 e. The van der Waals surface area contributed by atoms with Crippen LogP contribution in [0, 0.1) is 17.8 Å². The van der Waals surface area contributed by atoms with Gasteiger partial charge in [0.1, 0.15) is 0 Å². The fourth-order valence-corrected chi connectivity index (χ4v) is 3.42. The summed E-state index contributed by atoms with van der Waals surface area (Å²) in [5.41, 5.74) is 0. The molecule has 110 valence electrons. The van der Waals surface area contributed by atoms with E-state index in [2.05, 4.69) is 10.6 Å². The van der Waals surface area contributed by atoms with Crippen molar-refractivity contribution in [1.82, 2.24) is 10.6 Å². The average molecular weight is 268 g/mol. The summed E-state index contributed by atoms with van der Waals surface area (Å²) in [5.74, 6) is 1.75. The van der Waals surface area contributed by atoms with E-state index in [9.17, 15) is 9.90 Å². The van der Waals surface area contributed by atoms with Crippen LogP contribution in [-0.4, -0.2) is 37.3 Å². The number of amides is 1. The van der Waals surface area contributed by atoms with Crippen molar-refractivity contribution in [2.45, 2.75) is 44.9 Å². The normalized spacial score (nSPS) is 31.3. The van der Waals surface area contributed by atoms with Crippen LogP contribution in [-0.2, 0) is 4.79 Å². The van der Waals surface area contributed by atoms with Gasteiger partial charge in [0.2, 0.25) is 5.91 Å². The summed E-state index contributed by atoms with van der Waals surface area (Å²) in [6.45, 7) is 3.20. The first-order chi connectivity index (χ1) is 9.29. The Morgan fingerprint density at radius 2 is 2.00 bits per heavy atom.